The largest absolute Gasteiger partial charge is 0.509 e. The number of rotatable bonds is 10. The SMILES string of the molecule is CC(C)c1cccc(C(C)C)c1-c1cc(Oc2[c-]c3c(cc2)c2cc(C(C)(C)c4ccccc4)ccc2n3-c2cc(C(C)(C)C)ccn2)[c-]c(N2[CH-]N(c3cc(C(C)(C)C)cc(C(C)(C)C)c3)c3ccc(C(C)(C)C)cc32)c1.[Pt]. The molecule has 5 nitrogen and oxygen atoms in total. The van der Waals surface area contributed by atoms with E-state index in [1.165, 1.54) is 50.1 Å². The van der Waals surface area contributed by atoms with E-state index in [4.69, 9.17) is 9.72 Å². The standard InChI is InChI=1S/C73H81N4O.Pt/c1-46(2)59-25-22-26-60(47(3)4)68(59)48-35-55(76-45-75(64-32-27-50(41-66(64)76)69(5,6)7)56-38-53(71(11,12)13)37-54(39-56)72(14,15)16)43-58(36-48)78-57-29-30-61-62-40-52(73(17,18)49-23-20-19-21-24-49)28-31-63(62)77(65(61)44-57)67-42-51(33-34-74-67)70(8,9)10;/h19-42,45-47H,1-18H3;/q-3;. The van der Waals surface area contributed by atoms with Gasteiger partial charge in [-0.1, -0.05) is 203 Å². The number of ether oxygens (including phenoxy) is 1. The molecular formula is C73H81N4OPt-3. The van der Waals surface area contributed by atoms with Crippen molar-refractivity contribution < 1.29 is 25.8 Å². The van der Waals surface area contributed by atoms with Crippen molar-refractivity contribution in [2.45, 2.75) is 164 Å². The van der Waals surface area contributed by atoms with Crippen LogP contribution in [0.3, 0.4) is 0 Å². The van der Waals surface area contributed by atoms with Gasteiger partial charge >= 0.3 is 0 Å². The zero-order chi connectivity index (χ0) is 56.0. The predicted octanol–water partition coefficient (Wildman–Crippen LogP) is 20.4. The number of benzene rings is 7. The monoisotopic (exact) mass is 1220 g/mol. The molecule has 0 fully saturated rings. The van der Waals surface area contributed by atoms with Crippen molar-refractivity contribution >= 4 is 44.6 Å². The number of aromatic nitrogens is 2. The zero-order valence-electron chi connectivity index (χ0n) is 50.1. The fourth-order valence-corrected chi connectivity index (χ4v) is 11.1. The van der Waals surface area contributed by atoms with Crippen LogP contribution < -0.4 is 14.5 Å². The third-order valence-corrected chi connectivity index (χ3v) is 16.2. The summed E-state index contributed by atoms with van der Waals surface area (Å²) in [4.78, 5) is 9.77. The van der Waals surface area contributed by atoms with E-state index in [0.29, 0.717) is 11.5 Å². The number of fused-ring (bicyclic) bond motifs is 4. The van der Waals surface area contributed by atoms with E-state index in [2.05, 4.69) is 297 Å². The fourth-order valence-electron chi connectivity index (χ4n) is 11.1. The van der Waals surface area contributed by atoms with Gasteiger partial charge < -0.3 is 19.1 Å². The molecule has 0 saturated carbocycles. The van der Waals surface area contributed by atoms with Crippen LogP contribution >= 0.6 is 0 Å². The normalized spacial score (nSPS) is 13.5. The average molecular weight is 1230 g/mol. The minimum Gasteiger partial charge on any atom is -0.509 e. The minimum atomic E-state index is -0.228. The van der Waals surface area contributed by atoms with Gasteiger partial charge in [0.25, 0.3) is 0 Å². The molecule has 412 valence electrons. The molecule has 0 bridgehead atoms. The first kappa shape index (κ1) is 57.3. The Morgan fingerprint density at radius 3 is 1.70 bits per heavy atom. The summed E-state index contributed by atoms with van der Waals surface area (Å²) in [6.07, 6.45) is 1.94. The molecule has 1 aliphatic heterocycles. The quantitative estimate of drug-likeness (QED) is 0.128. The van der Waals surface area contributed by atoms with Gasteiger partial charge in [0, 0.05) is 66.8 Å². The third-order valence-electron chi connectivity index (χ3n) is 16.2. The second-order valence-electron chi connectivity index (χ2n) is 27.2. The van der Waals surface area contributed by atoms with Crippen LogP contribution in [0.1, 0.15) is 181 Å². The van der Waals surface area contributed by atoms with Gasteiger partial charge in [0.15, 0.2) is 0 Å². The van der Waals surface area contributed by atoms with Crippen LogP contribution in [0.5, 0.6) is 11.5 Å². The second-order valence-corrected chi connectivity index (χ2v) is 27.2. The smallest absolute Gasteiger partial charge is 0.135 e. The van der Waals surface area contributed by atoms with Gasteiger partial charge in [0.2, 0.25) is 0 Å². The van der Waals surface area contributed by atoms with Gasteiger partial charge in [0.1, 0.15) is 5.82 Å². The molecule has 0 radical (unpaired) electrons. The Bertz CT molecular complexity index is 3660. The summed E-state index contributed by atoms with van der Waals surface area (Å²) in [5, 5.41) is 2.23. The number of anilines is 4. The number of hydrogen-bond donors (Lipinski definition) is 0. The summed E-state index contributed by atoms with van der Waals surface area (Å²) in [6.45, 7) is 43.6. The van der Waals surface area contributed by atoms with E-state index in [0.717, 1.165) is 55.9 Å². The Morgan fingerprint density at radius 1 is 0.481 bits per heavy atom. The Hall–Kier alpha value is -6.42. The Labute approximate surface area is 487 Å². The maximum atomic E-state index is 7.24. The van der Waals surface area contributed by atoms with Gasteiger partial charge in [-0.25, -0.2) is 4.98 Å². The molecule has 1 aliphatic rings. The topological polar surface area (TPSA) is 33.5 Å². The van der Waals surface area contributed by atoms with Gasteiger partial charge in [0.05, 0.1) is 0 Å². The molecule has 0 spiro atoms. The molecule has 79 heavy (non-hydrogen) atoms. The van der Waals surface area contributed by atoms with E-state index in [-0.39, 0.29) is 60.0 Å². The summed E-state index contributed by atoms with van der Waals surface area (Å²) in [5.41, 5.74) is 18.3. The van der Waals surface area contributed by atoms with Gasteiger partial charge in [-0.3, -0.25) is 0 Å². The first-order chi connectivity index (χ1) is 36.6. The Balaban J connectivity index is 0.00000757. The molecule has 0 unspecified atom stereocenters. The molecule has 0 aliphatic carbocycles. The average Bonchev–Trinajstić information content (AvgIpc) is 4.20. The first-order valence-corrected chi connectivity index (χ1v) is 28.2. The van der Waals surface area contributed by atoms with Crippen LogP contribution in [0.15, 0.2) is 146 Å². The van der Waals surface area contributed by atoms with E-state index < -0.39 is 0 Å². The summed E-state index contributed by atoms with van der Waals surface area (Å²) in [5.74, 6) is 2.62. The molecule has 10 rings (SSSR count). The van der Waals surface area contributed by atoms with Crippen molar-refractivity contribution in [1.82, 2.24) is 9.55 Å². The molecule has 0 saturated heterocycles. The van der Waals surface area contributed by atoms with Gasteiger partial charge in [-0.05, 0) is 131 Å². The van der Waals surface area contributed by atoms with E-state index in [1.54, 1.807) is 0 Å². The van der Waals surface area contributed by atoms with Crippen LogP contribution in [0, 0.1) is 18.8 Å². The van der Waals surface area contributed by atoms with E-state index >= 15 is 0 Å². The second kappa shape index (κ2) is 20.9. The van der Waals surface area contributed by atoms with Gasteiger partial charge in [-0.2, -0.15) is 6.07 Å². The molecule has 0 N–H and O–H groups in total. The predicted molar refractivity (Wildman–Crippen MR) is 331 cm³/mol. The summed E-state index contributed by atoms with van der Waals surface area (Å²) >= 11 is 0. The molecule has 7 aromatic carbocycles. The van der Waals surface area contributed by atoms with E-state index in [1.807, 2.05) is 6.20 Å². The Kier molecular flexibility index (Phi) is 15.2. The van der Waals surface area contributed by atoms with Crippen LogP contribution in [0.2, 0.25) is 0 Å². The van der Waals surface area contributed by atoms with Crippen molar-refractivity contribution in [2.75, 3.05) is 9.80 Å². The fraction of sp³-hybridized carbons (Fsp3) is 0.342. The molecule has 3 heterocycles. The van der Waals surface area contributed by atoms with Crippen molar-refractivity contribution in [1.29, 1.82) is 0 Å². The van der Waals surface area contributed by atoms with Crippen molar-refractivity contribution in [3.05, 3.63) is 209 Å². The van der Waals surface area contributed by atoms with Crippen LogP contribution in [0.25, 0.3) is 38.8 Å². The third kappa shape index (κ3) is 11.1. The number of pyridine rings is 1. The molecule has 0 amide bonds. The first-order valence-electron chi connectivity index (χ1n) is 28.2. The molecule has 0 atom stereocenters. The number of nitrogens with zero attached hydrogens (tertiary/aromatic N) is 4. The molecule has 9 aromatic rings. The molecular weight excluding hydrogens is 1140 g/mol. The van der Waals surface area contributed by atoms with Gasteiger partial charge in [-0.15, -0.1) is 53.6 Å². The van der Waals surface area contributed by atoms with Crippen LogP contribution in [-0.2, 0) is 48.1 Å². The van der Waals surface area contributed by atoms with Crippen molar-refractivity contribution in [3.8, 4) is 28.4 Å². The molecule has 2 aromatic heterocycles. The van der Waals surface area contributed by atoms with Crippen LogP contribution in [0.4, 0.5) is 22.7 Å². The Morgan fingerprint density at radius 2 is 1.09 bits per heavy atom. The minimum absolute atomic E-state index is 0. The molecule has 6 heteroatoms. The van der Waals surface area contributed by atoms with Crippen molar-refractivity contribution in [2.24, 2.45) is 0 Å². The van der Waals surface area contributed by atoms with Crippen molar-refractivity contribution in [3.63, 3.8) is 0 Å². The summed E-state index contributed by atoms with van der Waals surface area (Å²) < 4.78 is 9.50. The summed E-state index contributed by atoms with van der Waals surface area (Å²) in [7, 11) is 0. The maximum absolute atomic E-state index is 7.24. The van der Waals surface area contributed by atoms with E-state index in [9.17, 15) is 0 Å². The zero-order valence-corrected chi connectivity index (χ0v) is 52.4. The summed E-state index contributed by atoms with van der Waals surface area (Å²) in [6, 6.07) is 59.5. The number of hydrogen-bond acceptors (Lipinski definition) is 4. The maximum Gasteiger partial charge on any atom is 0.135 e. The van der Waals surface area contributed by atoms with Crippen LogP contribution in [-0.4, -0.2) is 9.55 Å².